The first-order chi connectivity index (χ1) is 19.7. The fraction of sp³-hybridized carbons (Fsp3) is 0.429. The number of benzene rings is 1. The second-order valence-electron chi connectivity index (χ2n) is 10.2. The number of fused-ring (bicyclic) bond motifs is 1. The van der Waals surface area contributed by atoms with E-state index in [1.807, 2.05) is 38.2 Å². The number of nitrogens with zero attached hydrogens (tertiary/aromatic N) is 6. The van der Waals surface area contributed by atoms with Crippen LogP contribution in [-0.4, -0.2) is 96.3 Å². The fourth-order valence-electron chi connectivity index (χ4n) is 5.08. The molecule has 0 amide bonds. The van der Waals surface area contributed by atoms with Crippen LogP contribution in [-0.2, 0) is 14.8 Å². The Morgan fingerprint density at radius 1 is 1.27 bits per heavy atom. The lowest BCUT2D eigenvalue weighted by atomic mass is 10.0. The number of aromatic nitrogens is 5. The highest BCUT2D eigenvalue weighted by atomic mass is 32.2. The van der Waals surface area contributed by atoms with Crippen molar-refractivity contribution in [2.75, 3.05) is 51.6 Å². The molecule has 0 bridgehead atoms. The molecule has 1 aromatic carbocycles. The molecule has 0 spiro atoms. The van der Waals surface area contributed by atoms with Gasteiger partial charge in [-0.2, -0.15) is 0 Å². The Balaban J connectivity index is 1.65. The Labute approximate surface area is 239 Å². The first kappa shape index (κ1) is 28.9. The highest BCUT2D eigenvalue weighted by Gasteiger charge is 2.26. The Morgan fingerprint density at radius 2 is 2.05 bits per heavy atom. The van der Waals surface area contributed by atoms with Gasteiger partial charge in [0.1, 0.15) is 30.6 Å². The molecule has 41 heavy (non-hydrogen) atoms. The Hall–Kier alpha value is -3.65. The molecule has 1 atom stereocenters. The molecule has 12 nitrogen and oxygen atoms in total. The summed E-state index contributed by atoms with van der Waals surface area (Å²) < 4.78 is 37.9. The number of rotatable bonds is 10. The van der Waals surface area contributed by atoms with Crippen molar-refractivity contribution in [3.63, 3.8) is 0 Å². The molecule has 1 aliphatic heterocycles. The zero-order chi connectivity index (χ0) is 29.1. The van der Waals surface area contributed by atoms with E-state index in [-0.39, 0.29) is 18.3 Å². The van der Waals surface area contributed by atoms with Crippen LogP contribution >= 0.6 is 0 Å². The van der Waals surface area contributed by atoms with Crippen LogP contribution in [0, 0.1) is 6.92 Å². The number of ether oxygens (including phenoxy) is 2. The predicted octanol–water partition coefficient (Wildman–Crippen LogP) is 2.25. The van der Waals surface area contributed by atoms with Crippen molar-refractivity contribution in [1.82, 2.24) is 29.2 Å². The molecule has 0 radical (unpaired) electrons. The zero-order valence-corrected chi connectivity index (χ0v) is 24.4. The van der Waals surface area contributed by atoms with Crippen LogP contribution in [0.1, 0.15) is 18.4 Å². The summed E-state index contributed by atoms with van der Waals surface area (Å²) in [5.41, 5.74) is 2.99. The molecule has 4 heterocycles. The second kappa shape index (κ2) is 12.1. The van der Waals surface area contributed by atoms with Gasteiger partial charge in [0.15, 0.2) is 11.5 Å². The van der Waals surface area contributed by atoms with Gasteiger partial charge in [0.05, 0.1) is 11.9 Å². The largest absolute Gasteiger partial charge is 0.491 e. The highest BCUT2D eigenvalue weighted by Crippen LogP contribution is 2.37. The lowest BCUT2D eigenvalue weighted by Gasteiger charge is -2.33. The number of hydrogen-bond acceptors (Lipinski definition) is 11. The van der Waals surface area contributed by atoms with E-state index in [0.717, 1.165) is 40.0 Å². The van der Waals surface area contributed by atoms with Gasteiger partial charge in [-0.1, -0.05) is 12.1 Å². The first-order valence-electron chi connectivity index (χ1n) is 13.4. The van der Waals surface area contributed by atoms with Gasteiger partial charge in [0.25, 0.3) is 0 Å². The predicted molar refractivity (Wildman–Crippen MR) is 157 cm³/mol. The van der Waals surface area contributed by atoms with Crippen molar-refractivity contribution in [3.8, 4) is 28.4 Å². The van der Waals surface area contributed by atoms with E-state index in [9.17, 15) is 13.5 Å². The summed E-state index contributed by atoms with van der Waals surface area (Å²) in [5.74, 6) is 1.77. The molecule has 1 saturated heterocycles. The lowest BCUT2D eigenvalue weighted by Crippen LogP contribution is -2.37. The van der Waals surface area contributed by atoms with Crippen molar-refractivity contribution < 1.29 is 23.0 Å². The van der Waals surface area contributed by atoms with Crippen LogP contribution in [0.25, 0.3) is 33.7 Å². The van der Waals surface area contributed by atoms with E-state index in [4.69, 9.17) is 19.4 Å². The third-order valence-electron chi connectivity index (χ3n) is 7.22. The van der Waals surface area contributed by atoms with Gasteiger partial charge in [-0.05, 0) is 38.9 Å². The van der Waals surface area contributed by atoms with Crippen LogP contribution in [0.5, 0.6) is 5.75 Å². The molecule has 5 rings (SSSR count). The molecule has 1 fully saturated rings. The molecule has 2 N–H and O–H groups in total. The van der Waals surface area contributed by atoms with Crippen molar-refractivity contribution >= 4 is 26.9 Å². The van der Waals surface area contributed by atoms with Crippen molar-refractivity contribution in [2.45, 2.75) is 31.9 Å². The minimum absolute atomic E-state index is 0.132. The third kappa shape index (κ3) is 6.17. The summed E-state index contributed by atoms with van der Waals surface area (Å²) in [4.78, 5) is 20.6. The maximum Gasteiger partial charge on any atom is 0.237 e. The topological polar surface area (TPSA) is 145 Å². The van der Waals surface area contributed by atoms with E-state index in [2.05, 4.69) is 20.2 Å². The van der Waals surface area contributed by atoms with Gasteiger partial charge in [-0.15, -0.1) is 0 Å². The summed E-state index contributed by atoms with van der Waals surface area (Å²) in [5, 5.41) is 13.6. The first-order valence-corrected chi connectivity index (χ1v) is 15.3. The number of anilines is 1. The Morgan fingerprint density at radius 3 is 2.78 bits per heavy atom. The fourth-order valence-corrected chi connectivity index (χ4v) is 5.83. The number of aliphatic hydroxyl groups excluding tert-OH is 1. The molecular formula is C28H35N7O5S. The highest BCUT2D eigenvalue weighted by molar-refractivity contribution is 7.89. The van der Waals surface area contributed by atoms with Crippen LogP contribution < -0.4 is 15.0 Å². The summed E-state index contributed by atoms with van der Waals surface area (Å²) in [6, 6.07) is 7.62. The van der Waals surface area contributed by atoms with Crippen LogP contribution in [0.15, 0.2) is 43.0 Å². The number of likely N-dealkylation sites (N-methyl/N-ethyl adjacent to an activating group) is 1. The molecule has 13 heteroatoms. The molecule has 1 aliphatic rings. The maximum atomic E-state index is 12.6. The molecule has 3 aromatic heterocycles. The minimum atomic E-state index is -3.64. The van der Waals surface area contributed by atoms with Gasteiger partial charge in [0, 0.05) is 67.3 Å². The summed E-state index contributed by atoms with van der Waals surface area (Å²) in [7, 11) is 0.145. The summed E-state index contributed by atoms with van der Waals surface area (Å²) in [6.45, 7) is 3.85. The zero-order valence-electron chi connectivity index (χ0n) is 23.6. The lowest BCUT2D eigenvalue weighted by molar-refractivity contribution is 0.0853. The van der Waals surface area contributed by atoms with E-state index in [1.165, 1.54) is 6.33 Å². The smallest absolute Gasteiger partial charge is 0.237 e. The number of nitrogens with one attached hydrogen (secondary N) is 1. The van der Waals surface area contributed by atoms with Gasteiger partial charge < -0.3 is 24.8 Å². The maximum absolute atomic E-state index is 12.6. The Kier molecular flexibility index (Phi) is 8.50. The summed E-state index contributed by atoms with van der Waals surface area (Å²) in [6.07, 6.45) is 6.70. The van der Waals surface area contributed by atoms with Gasteiger partial charge >= 0.3 is 0 Å². The Bertz CT molecular complexity index is 1640. The van der Waals surface area contributed by atoms with Crippen molar-refractivity contribution in [2.24, 2.45) is 0 Å². The van der Waals surface area contributed by atoms with Crippen molar-refractivity contribution in [1.29, 1.82) is 0 Å². The number of aliphatic hydroxyl groups is 1. The monoisotopic (exact) mass is 581 g/mol. The van der Waals surface area contributed by atoms with E-state index >= 15 is 0 Å². The summed E-state index contributed by atoms with van der Waals surface area (Å²) >= 11 is 0. The average Bonchev–Trinajstić information content (AvgIpc) is 3.37. The second-order valence-corrected chi connectivity index (χ2v) is 12.1. The molecule has 0 saturated carbocycles. The SMILES string of the molecule is CNCC(O)COc1cccc(-c2nc(-c3cn(S(C)(=O)=O)c4ncncc34)c(C)c(N(C)C3CCOCC3)n2)c1. The number of hydrogen-bond donors (Lipinski definition) is 2. The van der Waals surface area contributed by atoms with E-state index < -0.39 is 16.1 Å². The average molecular weight is 582 g/mol. The van der Waals surface area contributed by atoms with Gasteiger partial charge in [0.2, 0.25) is 10.0 Å². The van der Waals surface area contributed by atoms with Crippen molar-refractivity contribution in [3.05, 3.63) is 48.5 Å². The normalized spacial score (nSPS) is 15.2. The molecule has 1 unspecified atom stereocenters. The molecule has 0 aliphatic carbocycles. The van der Waals surface area contributed by atoms with Crippen LogP contribution in [0.4, 0.5) is 5.82 Å². The van der Waals surface area contributed by atoms with Crippen LogP contribution in [0.2, 0.25) is 0 Å². The minimum Gasteiger partial charge on any atom is -0.491 e. The molecular weight excluding hydrogens is 546 g/mol. The van der Waals surface area contributed by atoms with Gasteiger partial charge in [-0.3, -0.25) is 0 Å². The van der Waals surface area contributed by atoms with E-state index in [1.54, 1.807) is 19.4 Å². The van der Waals surface area contributed by atoms with Gasteiger partial charge in [-0.25, -0.2) is 32.3 Å². The molecule has 4 aromatic rings. The standard InChI is InChI=1S/C28H35N7O5S/c1-18-25(24-15-35(41(4,37)38)28-23(24)14-30-17-31-28)32-26(33-27(18)34(3)20-8-10-39-11-9-20)19-6-5-7-22(12-19)40-16-21(36)13-29-2/h5-7,12,14-15,17,20-21,29,36H,8-11,13,16H2,1-4H3. The quantitative estimate of drug-likeness (QED) is 0.284. The molecule has 218 valence electrons. The van der Waals surface area contributed by atoms with E-state index in [0.29, 0.717) is 48.0 Å². The third-order valence-corrected chi connectivity index (χ3v) is 8.21. The van der Waals surface area contributed by atoms with Crippen LogP contribution in [0.3, 0.4) is 0 Å².